The summed E-state index contributed by atoms with van der Waals surface area (Å²) in [6.07, 6.45) is 6.70. The first kappa shape index (κ1) is 29.3. The average molecular weight is 646 g/mol. The van der Waals surface area contributed by atoms with E-state index in [-0.39, 0.29) is 31.1 Å². The molecule has 0 spiro atoms. The summed E-state index contributed by atoms with van der Waals surface area (Å²) < 4.78 is 22.5. The molecule has 0 saturated heterocycles. The third-order valence-electron chi connectivity index (χ3n) is 5.31. The van der Waals surface area contributed by atoms with E-state index in [0.29, 0.717) is 22.8 Å². The van der Waals surface area contributed by atoms with Crippen molar-refractivity contribution in [3.8, 4) is 29.6 Å². The molecular formula is C27H27IN4O7. The van der Waals surface area contributed by atoms with E-state index in [1.165, 1.54) is 13.3 Å². The Morgan fingerprint density at radius 3 is 2.64 bits per heavy atom. The SMILES string of the molecule is C#CCOc1ccc(/C=N\NC(=O)COc2ccc([C@H]3NC(=O)NC(C)=C3C(=O)OCC)cc2OC)cc1I. The van der Waals surface area contributed by atoms with Gasteiger partial charge in [0.2, 0.25) is 0 Å². The summed E-state index contributed by atoms with van der Waals surface area (Å²) in [5.74, 6) is 2.63. The molecule has 0 aliphatic carbocycles. The largest absolute Gasteiger partial charge is 0.493 e. The van der Waals surface area contributed by atoms with Gasteiger partial charge < -0.3 is 29.6 Å². The molecule has 204 valence electrons. The summed E-state index contributed by atoms with van der Waals surface area (Å²) in [5.41, 5.74) is 4.38. The van der Waals surface area contributed by atoms with Crippen LogP contribution in [-0.2, 0) is 14.3 Å². The number of ether oxygens (including phenoxy) is 4. The topological polar surface area (TPSA) is 137 Å². The Kier molecular flexibility index (Phi) is 10.6. The molecule has 2 aromatic carbocycles. The van der Waals surface area contributed by atoms with E-state index in [2.05, 4.69) is 49.7 Å². The second-order valence-corrected chi connectivity index (χ2v) is 9.13. The maximum absolute atomic E-state index is 12.5. The molecule has 1 aliphatic heterocycles. The first-order chi connectivity index (χ1) is 18.8. The van der Waals surface area contributed by atoms with Gasteiger partial charge in [-0.05, 0) is 77.9 Å². The van der Waals surface area contributed by atoms with Crippen molar-refractivity contribution in [3.05, 3.63) is 62.4 Å². The van der Waals surface area contributed by atoms with Crippen LogP contribution in [0.1, 0.15) is 31.0 Å². The monoisotopic (exact) mass is 646 g/mol. The summed E-state index contributed by atoms with van der Waals surface area (Å²) in [6.45, 7) is 3.35. The van der Waals surface area contributed by atoms with Gasteiger partial charge in [-0.3, -0.25) is 4.79 Å². The second kappa shape index (κ2) is 14.1. The van der Waals surface area contributed by atoms with Crippen molar-refractivity contribution in [2.45, 2.75) is 19.9 Å². The lowest BCUT2D eigenvalue weighted by atomic mass is 9.95. The van der Waals surface area contributed by atoms with Gasteiger partial charge in [0.15, 0.2) is 18.1 Å². The number of allylic oxidation sites excluding steroid dienone is 1. The molecule has 39 heavy (non-hydrogen) atoms. The molecule has 3 amide bonds. The van der Waals surface area contributed by atoms with Crippen LogP contribution in [0.5, 0.6) is 17.2 Å². The smallest absolute Gasteiger partial charge is 0.338 e. The highest BCUT2D eigenvalue weighted by Gasteiger charge is 2.32. The molecule has 0 radical (unpaired) electrons. The third kappa shape index (κ3) is 7.87. The van der Waals surface area contributed by atoms with Gasteiger partial charge >= 0.3 is 12.0 Å². The number of urea groups is 1. The van der Waals surface area contributed by atoms with Crippen LogP contribution in [0.4, 0.5) is 4.79 Å². The number of carbonyl (C=O) groups excluding carboxylic acids is 3. The molecule has 0 saturated carbocycles. The van der Waals surface area contributed by atoms with E-state index in [1.807, 2.05) is 6.07 Å². The second-order valence-electron chi connectivity index (χ2n) is 7.97. The normalized spacial score (nSPS) is 14.6. The molecule has 3 rings (SSSR count). The number of terminal acetylenes is 1. The number of nitrogens with zero attached hydrogens (tertiary/aromatic N) is 1. The zero-order chi connectivity index (χ0) is 28.4. The van der Waals surface area contributed by atoms with Crippen LogP contribution < -0.4 is 30.3 Å². The van der Waals surface area contributed by atoms with Crippen LogP contribution in [0.3, 0.4) is 0 Å². The van der Waals surface area contributed by atoms with Crippen molar-refractivity contribution in [1.29, 1.82) is 0 Å². The van der Waals surface area contributed by atoms with Gasteiger partial charge in [0.05, 0.1) is 35.1 Å². The van der Waals surface area contributed by atoms with Crippen LogP contribution >= 0.6 is 22.6 Å². The van der Waals surface area contributed by atoms with Gasteiger partial charge in [-0.25, -0.2) is 15.0 Å². The van der Waals surface area contributed by atoms with Crippen LogP contribution in [-0.4, -0.2) is 51.1 Å². The average Bonchev–Trinajstić information content (AvgIpc) is 2.91. The lowest BCUT2D eigenvalue weighted by Crippen LogP contribution is -2.45. The number of hydrogen-bond donors (Lipinski definition) is 3. The number of hydrazone groups is 1. The van der Waals surface area contributed by atoms with Gasteiger partial charge in [0.25, 0.3) is 5.91 Å². The fourth-order valence-corrected chi connectivity index (χ4v) is 4.29. The number of amides is 3. The minimum Gasteiger partial charge on any atom is -0.493 e. The lowest BCUT2D eigenvalue weighted by Gasteiger charge is -2.28. The van der Waals surface area contributed by atoms with Crippen LogP contribution in [0.25, 0.3) is 0 Å². The quantitative estimate of drug-likeness (QED) is 0.112. The van der Waals surface area contributed by atoms with Crippen molar-refractivity contribution >= 4 is 46.7 Å². The highest BCUT2D eigenvalue weighted by Crippen LogP contribution is 2.34. The van der Waals surface area contributed by atoms with Crippen molar-refractivity contribution < 1.29 is 33.3 Å². The van der Waals surface area contributed by atoms with Crippen molar-refractivity contribution in [1.82, 2.24) is 16.1 Å². The molecule has 0 bridgehead atoms. The first-order valence-electron chi connectivity index (χ1n) is 11.7. The zero-order valence-electron chi connectivity index (χ0n) is 21.5. The summed E-state index contributed by atoms with van der Waals surface area (Å²) in [7, 11) is 1.44. The Labute approximate surface area is 239 Å². The van der Waals surface area contributed by atoms with Crippen molar-refractivity contribution in [2.75, 3.05) is 26.9 Å². The fraction of sp³-hybridized carbons (Fsp3) is 0.259. The molecular weight excluding hydrogens is 619 g/mol. The molecule has 0 fully saturated rings. The van der Waals surface area contributed by atoms with Crippen LogP contribution in [0.15, 0.2) is 52.8 Å². The molecule has 1 atom stereocenters. The number of hydrogen-bond acceptors (Lipinski definition) is 8. The number of benzene rings is 2. The number of methoxy groups -OCH3 is 1. The van der Waals surface area contributed by atoms with Crippen molar-refractivity contribution in [2.24, 2.45) is 5.10 Å². The van der Waals surface area contributed by atoms with E-state index in [0.717, 1.165) is 9.13 Å². The van der Waals surface area contributed by atoms with Gasteiger partial charge in [0, 0.05) is 5.70 Å². The Balaban J connectivity index is 1.64. The van der Waals surface area contributed by atoms with Gasteiger partial charge in [-0.15, -0.1) is 6.42 Å². The summed E-state index contributed by atoms with van der Waals surface area (Å²) in [5, 5.41) is 9.26. The standard InChI is InChI=1S/C27H27IN4O7/c1-5-11-38-20-9-7-17(12-19(20)28)14-29-32-23(33)15-39-21-10-8-18(13-22(21)36-4)25-24(26(34)37-6-2)16(3)30-27(35)31-25/h1,7-10,12-14,25H,6,11,15H2,2-4H3,(H,32,33)(H2,30,31,35)/b29-14-/t25-/m1/s1. The molecule has 0 aromatic heterocycles. The van der Waals surface area contributed by atoms with Crippen molar-refractivity contribution in [3.63, 3.8) is 0 Å². The number of halogens is 1. The third-order valence-corrected chi connectivity index (χ3v) is 6.16. The molecule has 1 heterocycles. The van der Waals surface area contributed by atoms with E-state index in [9.17, 15) is 14.4 Å². The maximum Gasteiger partial charge on any atom is 0.338 e. The Morgan fingerprint density at radius 2 is 1.95 bits per heavy atom. The van der Waals surface area contributed by atoms with Gasteiger partial charge in [-0.2, -0.15) is 5.10 Å². The Bertz CT molecular complexity index is 1350. The number of nitrogens with one attached hydrogen (secondary N) is 3. The van der Waals surface area contributed by atoms with Gasteiger partial charge in [-0.1, -0.05) is 12.0 Å². The van der Waals surface area contributed by atoms with Gasteiger partial charge in [0.1, 0.15) is 12.4 Å². The van der Waals surface area contributed by atoms with Crippen LogP contribution in [0, 0.1) is 15.9 Å². The fourth-order valence-electron chi connectivity index (χ4n) is 3.59. The summed E-state index contributed by atoms with van der Waals surface area (Å²) in [4.78, 5) is 36.9. The Morgan fingerprint density at radius 1 is 1.18 bits per heavy atom. The maximum atomic E-state index is 12.5. The molecule has 2 aromatic rings. The molecule has 1 aliphatic rings. The summed E-state index contributed by atoms with van der Waals surface area (Å²) >= 11 is 2.12. The Hall–Kier alpha value is -4.25. The predicted molar refractivity (Wildman–Crippen MR) is 151 cm³/mol. The molecule has 3 N–H and O–H groups in total. The predicted octanol–water partition coefficient (Wildman–Crippen LogP) is 3.03. The first-order valence-corrected chi connectivity index (χ1v) is 12.8. The zero-order valence-corrected chi connectivity index (χ0v) is 23.7. The minimum atomic E-state index is -0.764. The molecule has 12 heteroatoms. The minimum absolute atomic E-state index is 0.174. The number of rotatable bonds is 11. The molecule has 11 nitrogen and oxygen atoms in total. The van der Waals surface area contributed by atoms with Crippen LogP contribution in [0.2, 0.25) is 0 Å². The highest BCUT2D eigenvalue weighted by molar-refractivity contribution is 14.1. The number of esters is 1. The summed E-state index contributed by atoms with van der Waals surface area (Å²) in [6, 6.07) is 9.03. The van der Waals surface area contributed by atoms with E-state index >= 15 is 0 Å². The highest BCUT2D eigenvalue weighted by atomic mass is 127. The number of carbonyl (C=O) groups is 3. The molecule has 0 unspecified atom stereocenters. The van der Waals surface area contributed by atoms with E-state index < -0.39 is 23.9 Å². The lowest BCUT2D eigenvalue weighted by molar-refractivity contribution is -0.139. The van der Waals surface area contributed by atoms with E-state index in [4.69, 9.17) is 25.4 Å². The van der Waals surface area contributed by atoms with E-state index in [1.54, 1.807) is 44.2 Å².